The van der Waals surface area contributed by atoms with Crippen LogP contribution in [0.3, 0.4) is 0 Å². The molecule has 0 aliphatic rings. The maximum Gasteiger partial charge on any atom is 0.200 e. The van der Waals surface area contributed by atoms with Crippen molar-refractivity contribution in [1.29, 1.82) is 0 Å². The van der Waals surface area contributed by atoms with Gasteiger partial charge >= 0.3 is 0 Å². The minimum absolute atomic E-state index is 0.0991. The molecule has 2 nitrogen and oxygen atoms in total. The fourth-order valence-corrected chi connectivity index (χ4v) is 2.15. The summed E-state index contributed by atoms with van der Waals surface area (Å²) in [4.78, 5) is 4.14. The van der Waals surface area contributed by atoms with Crippen LogP contribution in [0.4, 0.5) is 8.78 Å². The molecule has 0 saturated carbocycles. The van der Waals surface area contributed by atoms with Crippen LogP contribution in [-0.2, 0) is 12.5 Å². The molecule has 0 aliphatic carbocycles. The average molecular weight is 276 g/mol. The molecule has 0 aliphatic heterocycles. The van der Waals surface area contributed by atoms with Crippen molar-refractivity contribution in [2.24, 2.45) is 0 Å². The van der Waals surface area contributed by atoms with E-state index in [9.17, 15) is 8.78 Å². The first-order valence-electron chi connectivity index (χ1n) is 4.76. The summed E-state index contributed by atoms with van der Waals surface area (Å²) < 4.78 is 31.3. The number of benzene rings is 1. The van der Waals surface area contributed by atoms with Gasteiger partial charge in [-0.1, -0.05) is 6.07 Å². The van der Waals surface area contributed by atoms with E-state index in [4.69, 9.17) is 16.3 Å². The number of hydrogen-bond donors (Lipinski definition) is 0. The van der Waals surface area contributed by atoms with Gasteiger partial charge in [-0.3, -0.25) is 0 Å². The smallest absolute Gasteiger partial charge is 0.200 e. The highest BCUT2D eigenvalue weighted by Crippen LogP contribution is 2.21. The molecule has 0 atom stereocenters. The molecule has 2 rings (SSSR count). The Morgan fingerprint density at radius 2 is 2.18 bits per heavy atom. The van der Waals surface area contributed by atoms with Gasteiger partial charge in [0, 0.05) is 5.38 Å². The average Bonchev–Trinajstić information content (AvgIpc) is 2.79. The standard InChI is InChI=1S/C11H8ClF2NOS/c12-4-7-6-17-10(15-7)5-16-9-3-1-2-8(13)11(9)14/h1-3,6H,4-5H2. The van der Waals surface area contributed by atoms with E-state index in [1.165, 1.54) is 23.5 Å². The molecule has 17 heavy (non-hydrogen) atoms. The number of aromatic nitrogens is 1. The van der Waals surface area contributed by atoms with E-state index in [2.05, 4.69) is 4.98 Å². The zero-order chi connectivity index (χ0) is 12.3. The van der Waals surface area contributed by atoms with Crippen molar-refractivity contribution in [1.82, 2.24) is 4.98 Å². The van der Waals surface area contributed by atoms with E-state index in [1.807, 2.05) is 0 Å². The van der Waals surface area contributed by atoms with Crippen LogP contribution in [0.5, 0.6) is 5.75 Å². The van der Waals surface area contributed by atoms with Gasteiger partial charge in [0.1, 0.15) is 11.6 Å². The summed E-state index contributed by atoms with van der Waals surface area (Å²) >= 11 is 6.96. The first kappa shape index (κ1) is 12.3. The molecule has 0 fully saturated rings. The Kier molecular flexibility index (Phi) is 3.91. The molecule has 90 valence electrons. The lowest BCUT2D eigenvalue weighted by atomic mass is 10.3. The zero-order valence-electron chi connectivity index (χ0n) is 8.62. The topological polar surface area (TPSA) is 22.1 Å². The monoisotopic (exact) mass is 275 g/mol. The van der Waals surface area contributed by atoms with Gasteiger partial charge in [-0.15, -0.1) is 22.9 Å². The van der Waals surface area contributed by atoms with E-state index in [0.717, 1.165) is 11.8 Å². The molecule has 2 aromatic rings. The van der Waals surface area contributed by atoms with E-state index < -0.39 is 11.6 Å². The fourth-order valence-electron chi connectivity index (χ4n) is 1.21. The quantitative estimate of drug-likeness (QED) is 0.793. The summed E-state index contributed by atoms with van der Waals surface area (Å²) in [6.07, 6.45) is 0. The Labute approximate surface area is 106 Å². The largest absolute Gasteiger partial charge is 0.483 e. The molecule has 1 heterocycles. The van der Waals surface area contributed by atoms with Crippen LogP contribution in [-0.4, -0.2) is 4.98 Å². The molecular formula is C11H8ClF2NOS. The molecule has 0 unspecified atom stereocenters. The molecule has 0 amide bonds. The van der Waals surface area contributed by atoms with Crippen molar-refractivity contribution in [3.05, 3.63) is 45.9 Å². The summed E-state index contributed by atoms with van der Waals surface area (Å²) in [6.45, 7) is 0.0991. The lowest BCUT2D eigenvalue weighted by Gasteiger charge is -2.05. The highest BCUT2D eigenvalue weighted by Gasteiger charge is 2.09. The zero-order valence-corrected chi connectivity index (χ0v) is 10.2. The molecule has 6 heteroatoms. The predicted molar refractivity (Wildman–Crippen MR) is 62.4 cm³/mol. The van der Waals surface area contributed by atoms with Gasteiger partial charge in [-0.2, -0.15) is 4.39 Å². The third-order valence-electron chi connectivity index (χ3n) is 2.00. The van der Waals surface area contributed by atoms with E-state index in [0.29, 0.717) is 10.9 Å². The lowest BCUT2D eigenvalue weighted by molar-refractivity contribution is 0.284. The number of nitrogens with zero attached hydrogens (tertiary/aromatic N) is 1. The lowest BCUT2D eigenvalue weighted by Crippen LogP contribution is -1.98. The highest BCUT2D eigenvalue weighted by atomic mass is 35.5. The van der Waals surface area contributed by atoms with Crippen LogP contribution in [0.2, 0.25) is 0 Å². The van der Waals surface area contributed by atoms with Crippen LogP contribution in [0.1, 0.15) is 10.7 Å². The van der Waals surface area contributed by atoms with Crippen molar-refractivity contribution in [2.45, 2.75) is 12.5 Å². The number of ether oxygens (including phenoxy) is 1. The van der Waals surface area contributed by atoms with Crippen LogP contribution in [0, 0.1) is 11.6 Å². The highest BCUT2D eigenvalue weighted by molar-refractivity contribution is 7.09. The first-order chi connectivity index (χ1) is 8.20. The third-order valence-corrected chi connectivity index (χ3v) is 3.15. The van der Waals surface area contributed by atoms with Gasteiger partial charge in [0.25, 0.3) is 0 Å². The number of hydrogen-bond acceptors (Lipinski definition) is 3. The molecule has 0 radical (unpaired) electrons. The fraction of sp³-hybridized carbons (Fsp3) is 0.182. The number of halogens is 3. The van der Waals surface area contributed by atoms with Gasteiger partial charge in [-0.25, -0.2) is 9.37 Å². The maximum atomic E-state index is 13.2. The molecule has 0 saturated heterocycles. The second-order valence-corrected chi connectivity index (χ2v) is 4.42. The van der Waals surface area contributed by atoms with Gasteiger partial charge in [-0.05, 0) is 12.1 Å². The molecule has 0 N–H and O–H groups in total. The van der Waals surface area contributed by atoms with Crippen LogP contribution >= 0.6 is 22.9 Å². The first-order valence-corrected chi connectivity index (χ1v) is 6.18. The van der Waals surface area contributed by atoms with Crippen molar-refractivity contribution in [3.8, 4) is 5.75 Å². The number of rotatable bonds is 4. The Hall–Kier alpha value is -1.20. The van der Waals surface area contributed by atoms with Crippen molar-refractivity contribution >= 4 is 22.9 Å². The summed E-state index contributed by atoms with van der Waals surface area (Å²) in [6, 6.07) is 3.80. The van der Waals surface area contributed by atoms with Crippen LogP contribution in [0.25, 0.3) is 0 Å². The van der Waals surface area contributed by atoms with Gasteiger partial charge in [0.15, 0.2) is 11.6 Å². The molecule has 0 spiro atoms. The van der Waals surface area contributed by atoms with E-state index in [1.54, 1.807) is 5.38 Å². The Balaban J connectivity index is 2.04. The Bertz CT molecular complexity index is 518. The van der Waals surface area contributed by atoms with Crippen LogP contribution in [0.15, 0.2) is 23.6 Å². The normalized spacial score (nSPS) is 10.5. The van der Waals surface area contributed by atoms with E-state index >= 15 is 0 Å². The second kappa shape index (κ2) is 5.42. The third kappa shape index (κ3) is 2.92. The minimum atomic E-state index is -0.985. The van der Waals surface area contributed by atoms with E-state index in [-0.39, 0.29) is 12.4 Å². The predicted octanol–water partition coefficient (Wildman–Crippen LogP) is 3.74. The van der Waals surface area contributed by atoms with Crippen molar-refractivity contribution < 1.29 is 13.5 Å². The number of thiazole rings is 1. The Morgan fingerprint density at radius 1 is 1.35 bits per heavy atom. The molecule has 0 bridgehead atoms. The van der Waals surface area contributed by atoms with Gasteiger partial charge in [0.2, 0.25) is 5.82 Å². The summed E-state index contributed by atoms with van der Waals surface area (Å²) in [7, 11) is 0. The van der Waals surface area contributed by atoms with Crippen molar-refractivity contribution in [3.63, 3.8) is 0 Å². The minimum Gasteiger partial charge on any atom is -0.483 e. The number of alkyl halides is 1. The van der Waals surface area contributed by atoms with Crippen molar-refractivity contribution in [2.75, 3.05) is 0 Å². The second-order valence-electron chi connectivity index (χ2n) is 3.21. The molecule has 1 aromatic heterocycles. The van der Waals surface area contributed by atoms with Gasteiger partial charge < -0.3 is 4.74 Å². The van der Waals surface area contributed by atoms with Gasteiger partial charge in [0.05, 0.1) is 11.6 Å². The molecular weight excluding hydrogens is 268 g/mol. The Morgan fingerprint density at radius 3 is 2.88 bits per heavy atom. The summed E-state index contributed by atoms with van der Waals surface area (Å²) in [5.74, 6) is -1.71. The summed E-state index contributed by atoms with van der Waals surface area (Å²) in [5.41, 5.74) is 0.745. The maximum absolute atomic E-state index is 13.2. The molecule has 1 aromatic carbocycles. The summed E-state index contributed by atoms with van der Waals surface area (Å²) in [5, 5.41) is 2.47. The van der Waals surface area contributed by atoms with Crippen LogP contribution < -0.4 is 4.74 Å². The SMILES string of the molecule is Fc1cccc(OCc2nc(CCl)cs2)c1F.